The van der Waals surface area contributed by atoms with E-state index in [1.54, 1.807) is 0 Å². The fourth-order valence-electron chi connectivity index (χ4n) is 8.76. The Morgan fingerprint density at radius 2 is 0.468 bits per heavy atom. The number of carbonyl (C=O) groups excluding carboxylic acids is 3. The van der Waals surface area contributed by atoms with E-state index in [2.05, 4.69) is 142 Å². The molecule has 438 valence electrons. The molecule has 0 aliphatic rings. The molecule has 0 rings (SSSR count). The first kappa shape index (κ1) is 72.8. The lowest BCUT2D eigenvalue weighted by Gasteiger charge is -2.18. The normalized spacial score (nSPS) is 12.9. The van der Waals surface area contributed by atoms with E-state index in [0.29, 0.717) is 12.8 Å². The Morgan fingerprint density at radius 3 is 0.740 bits per heavy atom. The summed E-state index contributed by atoms with van der Waals surface area (Å²) < 4.78 is 16.8. The molecule has 0 bridgehead atoms. The second-order valence-corrected chi connectivity index (χ2v) is 20.9. The zero-order valence-electron chi connectivity index (χ0n) is 50.2. The minimum Gasteiger partial charge on any atom is -0.462 e. The topological polar surface area (TPSA) is 78.9 Å². The van der Waals surface area contributed by atoms with Gasteiger partial charge in [-0.05, 0) is 122 Å². The third kappa shape index (κ3) is 62.5. The van der Waals surface area contributed by atoms with Gasteiger partial charge in [-0.2, -0.15) is 0 Å². The van der Waals surface area contributed by atoms with E-state index in [1.807, 2.05) is 0 Å². The fraction of sp³-hybridized carbons (Fsp3) is 0.676. The SMILES string of the molecule is CC/C=C\C/C=C\C/C=C\C/C=C\CCCCCCCCCCCCCCCCCCCCCCC(=O)OCC(COC(=O)CCCCC/C=C\C/C=C\C/C=C\CC)OC(=O)CCCCC/C=C\C/C=C\C/C=C\CC. The first-order valence-electron chi connectivity index (χ1n) is 32.0. The summed E-state index contributed by atoms with van der Waals surface area (Å²) in [6.07, 6.45) is 89.5. The molecule has 0 saturated carbocycles. The molecule has 0 aliphatic carbocycles. The van der Waals surface area contributed by atoms with E-state index in [1.165, 1.54) is 116 Å². The van der Waals surface area contributed by atoms with E-state index in [4.69, 9.17) is 14.2 Å². The predicted octanol–water partition coefficient (Wildman–Crippen LogP) is 22.0. The molecule has 1 atom stereocenters. The Hall–Kier alpha value is -4.19. The maximum absolute atomic E-state index is 12.8. The number of hydrogen-bond donors (Lipinski definition) is 0. The lowest BCUT2D eigenvalue weighted by molar-refractivity contribution is -0.167. The molecule has 0 heterocycles. The van der Waals surface area contributed by atoms with Crippen molar-refractivity contribution < 1.29 is 28.6 Å². The van der Waals surface area contributed by atoms with Crippen LogP contribution in [0.3, 0.4) is 0 Å². The van der Waals surface area contributed by atoms with Crippen molar-refractivity contribution in [1.29, 1.82) is 0 Å². The Bertz CT molecular complexity index is 1600. The number of ether oxygens (including phenoxy) is 3. The van der Waals surface area contributed by atoms with Gasteiger partial charge in [-0.25, -0.2) is 0 Å². The Labute approximate surface area is 475 Å². The van der Waals surface area contributed by atoms with E-state index >= 15 is 0 Å². The van der Waals surface area contributed by atoms with Crippen LogP contribution in [-0.2, 0) is 28.6 Å². The molecule has 0 spiro atoms. The minimum atomic E-state index is -0.806. The van der Waals surface area contributed by atoms with Gasteiger partial charge in [0.1, 0.15) is 13.2 Å². The quantitative estimate of drug-likeness (QED) is 0.0261. The molecule has 0 radical (unpaired) electrons. The lowest BCUT2D eigenvalue weighted by atomic mass is 10.0. The molecule has 6 heteroatoms. The summed E-state index contributed by atoms with van der Waals surface area (Å²) in [5.41, 5.74) is 0. The van der Waals surface area contributed by atoms with Gasteiger partial charge in [-0.3, -0.25) is 14.4 Å². The van der Waals surface area contributed by atoms with Crippen molar-refractivity contribution in [3.05, 3.63) is 122 Å². The Kier molecular flexibility index (Phi) is 60.8. The minimum absolute atomic E-state index is 0.0990. The zero-order valence-corrected chi connectivity index (χ0v) is 50.2. The second-order valence-electron chi connectivity index (χ2n) is 20.9. The number of carbonyl (C=O) groups is 3. The van der Waals surface area contributed by atoms with Crippen LogP contribution in [0.5, 0.6) is 0 Å². The van der Waals surface area contributed by atoms with Gasteiger partial charge < -0.3 is 14.2 Å². The molecular formula is C71H118O6. The van der Waals surface area contributed by atoms with Gasteiger partial charge in [0, 0.05) is 19.3 Å². The van der Waals surface area contributed by atoms with Crippen LogP contribution in [0.4, 0.5) is 0 Å². The van der Waals surface area contributed by atoms with Crippen molar-refractivity contribution in [2.24, 2.45) is 0 Å². The Balaban J connectivity index is 4.14. The van der Waals surface area contributed by atoms with E-state index < -0.39 is 6.10 Å². The number of hydrogen-bond acceptors (Lipinski definition) is 6. The highest BCUT2D eigenvalue weighted by Gasteiger charge is 2.19. The highest BCUT2D eigenvalue weighted by molar-refractivity contribution is 5.71. The van der Waals surface area contributed by atoms with Crippen molar-refractivity contribution in [3.8, 4) is 0 Å². The molecular weight excluding hydrogens is 949 g/mol. The fourth-order valence-corrected chi connectivity index (χ4v) is 8.76. The molecule has 0 aromatic carbocycles. The van der Waals surface area contributed by atoms with E-state index in [0.717, 1.165) is 135 Å². The van der Waals surface area contributed by atoms with Crippen molar-refractivity contribution >= 4 is 17.9 Å². The first-order chi connectivity index (χ1) is 38.0. The van der Waals surface area contributed by atoms with Crippen LogP contribution in [0.2, 0.25) is 0 Å². The van der Waals surface area contributed by atoms with Gasteiger partial charge in [0.2, 0.25) is 0 Å². The maximum atomic E-state index is 12.8. The van der Waals surface area contributed by atoms with Crippen LogP contribution in [0, 0.1) is 0 Å². The zero-order chi connectivity index (χ0) is 55.7. The molecule has 0 aromatic rings. The third-order valence-electron chi connectivity index (χ3n) is 13.4. The molecule has 0 saturated heterocycles. The van der Waals surface area contributed by atoms with Crippen LogP contribution in [0.25, 0.3) is 0 Å². The summed E-state index contributed by atoms with van der Waals surface area (Å²) in [7, 11) is 0. The van der Waals surface area contributed by atoms with Crippen LogP contribution >= 0.6 is 0 Å². The smallest absolute Gasteiger partial charge is 0.306 e. The van der Waals surface area contributed by atoms with Crippen molar-refractivity contribution in [1.82, 2.24) is 0 Å². The van der Waals surface area contributed by atoms with Gasteiger partial charge in [0.15, 0.2) is 6.10 Å². The molecule has 0 aliphatic heterocycles. The molecule has 0 N–H and O–H groups in total. The Morgan fingerprint density at radius 1 is 0.260 bits per heavy atom. The summed E-state index contributed by atoms with van der Waals surface area (Å²) in [5.74, 6) is -0.955. The predicted molar refractivity (Wildman–Crippen MR) is 334 cm³/mol. The van der Waals surface area contributed by atoms with Gasteiger partial charge in [0.25, 0.3) is 0 Å². The number of rotatable bonds is 57. The average Bonchev–Trinajstić information content (AvgIpc) is 3.43. The van der Waals surface area contributed by atoms with Gasteiger partial charge >= 0.3 is 17.9 Å². The van der Waals surface area contributed by atoms with Gasteiger partial charge in [-0.1, -0.05) is 271 Å². The van der Waals surface area contributed by atoms with Crippen LogP contribution in [0.15, 0.2) is 122 Å². The van der Waals surface area contributed by atoms with E-state index in [9.17, 15) is 14.4 Å². The van der Waals surface area contributed by atoms with Crippen molar-refractivity contribution in [2.75, 3.05) is 13.2 Å². The molecule has 0 fully saturated rings. The summed E-state index contributed by atoms with van der Waals surface area (Å²) in [6, 6.07) is 0. The van der Waals surface area contributed by atoms with Gasteiger partial charge in [-0.15, -0.1) is 0 Å². The van der Waals surface area contributed by atoms with E-state index in [-0.39, 0.29) is 37.5 Å². The van der Waals surface area contributed by atoms with Crippen LogP contribution in [-0.4, -0.2) is 37.2 Å². The molecule has 0 aromatic heterocycles. The standard InChI is InChI=1S/C71H118O6/c1-4-7-10-13-16-19-22-25-26-27-28-29-30-31-32-33-34-35-36-37-38-39-40-41-42-43-44-47-49-52-55-58-61-64-70(73)76-67-68(77-71(74)65-62-59-56-53-50-46-24-21-18-15-12-9-6-3)66-75-69(72)63-60-57-54-51-48-45-23-20-17-14-11-8-5-2/h7-12,16-21,25-26,28-29,45-46,48,50,68H,4-6,13-15,22-24,27,30-44,47,49,51-67H2,1-3H3/b10-7-,11-8-,12-9-,19-16-,20-17-,21-18-,26-25-,29-28-,48-45-,50-46-. The molecule has 1 unspecified atom stereocenters. The highest BCUT2D eigenvalue weighted by Crippen LogP contribution is 2.17. The number of esters is 3. The molecule has 0 amide bonds. The van der Waals surface area contributed by atoms with Crippen LogP contribution in [0.1, 0.15) is 290 Å². The monoisotopic (exact) mass is 1070 g/mol. The van der Waals surface area contributed by atoms with Crippen LogP contribution < -0.4 is 0 Å². The number of unbranched alkanes of at least 4 members (excludes halogenated alkanes) is 26. The maximum Gasteiger partial charge on any atom is 0.306 e. The first-order valence-corrected chi connectivity index (χ1v) is 32.0. The third-order valence-corrected chi connectivity index (χ3v) is 13.4. The van der Waals surface area contributed by atoms with Crippen molar-refractivity contribution in [2.45, 2.75) is 297 Å². The summed E-state index contributed by atoms with van der Waals surface area (Å²) in [5, 5.41) is 0. The second kappa shape index (κ2) is 64.3. The highest BCUT2D eigenvalue weighted by atomic mass is 16.6. The summed E-state index contributed by atoms with van der Waals surface area (Å²) in [4.78, 5) is 38.2. The van der Waals surface area contributed by atoms with Crippen molar-refractivity contribution in [3.63, 3.8) is 0 Å². The van der Waals surface area contributed by atoms with Gasteiger partial charge in [0.05, 0.1) is 0 Å². The average molecular weight is 1070 g/mol. The molecule has 77 heavy (non-hydrogen) atoms. The number of allylic oxidation sites excluding steroid dienone is 20. The lowest BCUT2D eigenvalue weighted by Crippen LogP contribution is -2.30. The summed E-state index contributed by atoms with van der Waals surface area (Å²) >= 11 is 0. The molecule has 6 nitrogen and oxygen atoms in total. The summed E-state index contributed by atoms with van der Waals surface area (Å²) in [6.45, 7) is 6.26. The largest absolute Gasteiger partial charge is 0.462 e.